The van der Waals surface area contributed by atoms with Gasteiger partial charge in [0.25, 0.3) is 10.1 Å². The first-order chi connectivity index (χ1) is 6.54. The van der Waals surface area contributed by atoms with Gasteiger partial charge in [-0.1, -0.05) is 6.08 Å². The molecule has 0 aromatic carbocycles. The molecule has 2 aliphatic rings. The molecule has 0 aromatic rings. The van der Waals surface area contributed by atoms with E-state index in [-0.39, 0.29) is 25.1 Å². The third kappa shape index (κ3) is 2.33. The molecule has 0 aromatic heterocycles. The normalized spacial score (nSPS) is 36.2. The van der Waals surface area contributed by atoms with E-state index in [1.54, 1.807) is 0 Å². The number of rotatable bonds is 3. The monoisotopic (exact) mass is 220 g/mol. The van der Waals surface area contributed by atoms with Gasteiger partial charge in [0.15, 0.2) is 6.29 Å². The Hall–Kier alpha value is -0.430. The van der Waals surface area contributed by atoms with E-state index in [9.17, 15) is 8.42 Å². The lowest BCUT2D eigenvalue weighted by atomic mass is 10.1. The minimum Gasteiger partial charge on any atom is -0.343 e. The van der Waals surface area contributed by atoms with Gasteiger partial charge >= 0.3 is 0 Å². The van der Waals surface area contributed by atoms with E-state index in [4.69, 9.17) is 9.47 Å². The van der Waals surface area contributed by atoms with E-state index in [1.165, 1.54) is 0 Å². The second kappa shape index (κ2) is 3.62. The van der Waals surface area contributed by atoms with Crippen molar-refractivity contribution in [3.63, 3.8) is 0 Å². The summed E-state index contributed by atoms with van der Waals surface area (Å²) in [5.41, 5.74) is 0. The second-order valence-electron chi connectivity index (χ2n) is 3.37. The minimum atomic E-state index is -3.40. The highest BCUT2D eigenvalue weighted by atomic mass is 32.2. The lowest BCUT2D eigenvalue weighted by Gasteiger charge is -2.14. The van der Waals surface area contributed by atoms with Gasteiger partial charge in [-0.05, 0) is 12.5 Å². The zero-order valence-electron chi connectivity index (χ0n) is 7.75. The van der Waals surface area contributed by atoms with Crippen molar-refractivity contribution in [1.29, 1.82) is 0 Å². The zero-order chi connectivity index (χ0) is 10.2. The molecule has 1 fully saturated rings. The van der Waals surface area contributed by atoms with E-state index in [2.05, 4.69) is 4.18 Å². The summed E-state index contributed by atoms with van der Waals surface area (Å²) in [5, 5.41) is 0. The fourth-order valence-electron chi connectivity index (χ4n) is 1.51. The van der Waals surface area contributed by atoms with Gasteiger partial charge in [-0.3, -0.25) is 4.18 Å². The summed E-state index contributed by atoms with van der Waals surface area (Å²) in [4.78, 5) is 0. The summed E-state index contributed by atoms with van der Waals surface area (Å²) >= 11 is 0. The average Bonchev–Trinajstić information content (AvgIpc) is 2.37. The highest BCUT2D eigenvalue weighted by molar-refractivity contribution is 7.85. The van der Waals surface area contributed by atoms with Crippen LogP contribution < -0.4 is 0 Å². The van der Waals surface area contributed by atoms with Crippen molar-refractivity contribution < 1.29 is 22.1 Å². The Morgan fingerprint density at radius 2 is 2.29 bits per heavy atom. The van der Waals surface area contributed by atoms with Gasteiger partial charge in [-0.25, -0.2) is 0 Å². The van der Waals surface area contributed by atoms with Gasteiger partial charge < -0.3 is 9.47 Å². The molecule has 6 heteroatoms. The van der Waals surface area contributed by atoms with Crippen LogP contribution in [0.3, 0.4) is 0 Å². The minimum absolute atomic E-state index is 0.0294. The maximum Gasteiger partial charge on any atom is 0.264 e. The van der Waals surface area contributed by atoms with E-state index >= 15 is 0 Å². The first-order valence-corrected chi connectivity index (χ1v) is 6.18. The first-order valence-electron chi connectivity index (χ1n) is 4.36. The van der Waals surface area contributed by atoms with Crippen LogP contribution in [0.2, 0.25) is 0 Å². The maximum atomic E-state index is 10.7. The smallest absolute Gasteiger partial charge is 0.264 e. The highest BCUT2D eigenvalue weighted by Crippen LogP contribution is 2.27. The first kappa shape index (κ1) is 10.1. The van der Waals surface area contributed by atoms with Gasteiger partial charge in [0.2, 0.25) is 0 Å². The molecular weight excluding hydrogens is 208 g/mol. The molecule has 0 unspecified atom stereocenters. The van der Waals surface area contributed by atoms with Crippen LogP contribution in [0.1, 0.15) is 6.42 Å². The SMILES string of the molecule is CS(=O)(=O)OC[C@@H]1O[C@H]2C=CC[C@@H]1O2. The lowest BCUT2D eigenvalue weighted by Crippen LogP contribution is -2.28. The average molecular weight is 220 g/mol. The van der Waals surface area contributed by atoms with Crippen LogP contribution in [0.15, 0.2) is 12.2 Å². The van der Waals surface area contributed by atoms with Gasteiger partial charge in [0, 0.05) is 0 Å². The predicted molar refractivity (Wildman–Crippen MR) is 48.1 cm³/mol. The van der Waals surface area contributed by atoms with Crippen LogP contribution in [0.5, 0.6) is 0 Å². The summed E-state index contributed by atoms with van der Waals surface area (Å²) in [6, 6.07) is 0. The van der Waals surface area contributed by atoms with Crippen LogP contribution in [-0.4, -0.2) is 39.8 Å². The van der Waals surface area contributed by atoms with Gasteiger partial charge in [0.1, 0.15) is 6.10 Å². The van der Waals surface area contributed by atoms with Crippen LogP contribution in [-0.2, 0) is 23.8 Å². The third-order valence-corrected chi connectivity index (χ3v) is 2.70. The molecule has 5 nitrogen and oxygen atoms in total. The lowest BCUT2D eigenvalue weighted by molar-refractivity contribution is -0.0364. The summed E-state index contributed by atoms with van der Waals surface area (Å²) in [7, 11) is -3.40. The van der Waals surface area contributed by atoms with E-state index < -0.39 is 10.1 Å². The van der Waals surface area contributed by atoms with Crippen molar-refractivity contribution in [2.75, 3.05) is 12.9 Å². The van der Waals surface area contributed by atoms with Crippen molar-refractivity contribution in [2.45, 2.75) is 24.9 Å². The van der Waals surface area contributed by atoms with E-state index in [0.29, 0.717) is 0 Å². The van der Waals surface area contributed by atoms with Crippen LogP contribution in [0, 0.1) is 0 Å². The Morgan fingerprint density at radius 3 is 2.93 bits per heavy atom. The van der Waals surface area contributed by atoms with Crippen molar-refractivity contribution in [3.05, 3.63) is 12.2 Å². The predicted octanol–water partition coefficient (Wildman–Crippen LogP) is 0.0326. The van der Waals surface area contributed by atoms with Crippen molar-refractivity contribution in [1.82, 2.24) is 0 Å². The second-order valence-corrected chi connectivity index (χ2v) is 5.01. The molecule has 80 valence electrons. The standard InChI is InChI=1S/C8H12O5S/c1-14(9,10)11-5-7-6-3-2-4-8(12-6)13-7/h2,4,6-8H,3,5H2,1H3/t6-,7-,8-/m0/s1. The van der Waals surface area contributed by atoms with Crippen LogP contribution in [0.4, 0.5) is 0 Å². The molecule has 2 rings (SSSR count). The molecule has 2 aliphatic heterocycles. The zero-order valence-corrected chi connectivity index (χ0v) is 8.57. The fourth-order valence-corrected chi connectivity index (χ4v) is 1.89. The molecule has 2 heterocycles. The highest BCUT2D eigenvalue weighted by Gasteiger charge is 2.37. The Labute approximate surface area is 82.8 Å². The third-order valence-electron chi connectivity index (χ3n) is 2.14. The van der Waals surface area contributed by atoms with E-state index in [0.717, 1.165) is 12.7 Å². The molecule has 0 radical (unpaired) electrons. The summed E-state index contributed by atoms with van der Waals surface area (Å²) in [6.07, 6.45) is 4.86. The molecule has 2 bridgehead atoms. The van der Waals surface area contributed by atoms with Crippen molar-refractivity contribution in [3.8, 4) is 0 Å². The Morgan fingerprint density at radius 1 is 1.50 bits per heavy atom. The molecule has 0 saturated carbocycles. The quantitative estimate of drug-likeness (QED) is 0.496. The van der Waals surface area contributed by atoms with Crippen molar-refractivity contribution >= 4 is 10.1 Å². The van der Waals surface area contributed by atoms with E-state index in [1.807, 2.05) is 12.2 Å². The molecular formula is C8H12O5S. The number of hydrogen-bond acceptors (Lipinski definition) is 5. The topological polar surface area (TPSA) is 61.8 Å². The summed E-state index contributed by atoms with van der Waals surface area (Å²) in [5.74, 6) is 0. The maximum absolute atomic E-state index is 10.7. The molecule has 0 aliphatic carbocycles. The Bertz CT molecular complexity index is 334. The van der Waals surface area contributed by atoms with Crippen LogP contribution >= 0.6 is 0 Å². The fraction of sp³-hybridized carbons (Fsp3) is 0.750. The molecule has 14 heavy (non-hydrogen) atoms. The number of fused-ring (bicyclic) bond motifs is 2. The number of hydrogen-bond donors (Lipinski definition) is 0. The summed E-state index contributed by atoms with van der Waals surface area (Å²) in [6.45, 7) is 0.0294. The molecule has 0 spiro atoms. The van der Waals surface area contributed by atoms with Gasteiger partial charge in [-0.15, -0.1) is 0 Å². The van der Waals surface area contributed by atoms with Crippen molar-refractivity contribution in [2.24, 2.45) is 0 Å². The Balaban J connectivity index is 1.89. The summed E-state index contributed by atoms with van der Waals surface area (Å²) < 4.78 is 36.9. The van der Waals surface area contributed by atoms with Gasteiger partial charge in [-0.2, -0.15) is 8.42 Å². The van der Waals surface area contributed by atoms with Crippen LogP contribution in [0.25, 0.3) is 0 Å². The largest absolute Gasteiger partial charge is 0.343 e. The molecule has 3 atom stereocenters. The van der Waals surface area contributed by atoms with Gasteiger partial charge in [0.05, 0.1) is 19.0 Å². The number of ether oxygens (including phenoxy) is 2. The molecule has 0 N–H and O–H groups in total. The molecule has 1 saturated heterocycles. The Kier molecular flexibility index (Phi) is 2.61. The molecule has 0 amide bonds.